The summed E-state index contributed by atoms with van der Waals surface area (Å²) in [5.41, 5.74) is 5.40. The largest absolute Gasteiger partial charge is 0.476 e. The summed E-state index contributed by atoms with van der Waals surface area (Å²) in [6.07, 6.45) is 4.73. The molecule has 1 rings (SSSR count). The van der Waals surface area contributed by atoms with Gasteiger partial charge in [-0.15, -0.1) is 0 Å². The molecule has 0 bridgehead atoms. The number of unbranched alkanes of at least 4 members (excludes halogenated alkanes) is 2. The van der Waals surface area contributed by atoms with Gasteiger partial charge in [-0.2, -0.15) is 4.98 Å². The van der Waals surface area contributed by atoms with Crippen molar-refractivity contribution in [2.45, 2.75) is 26.2 Å². The number of anilines is 1. The van der Waals surface area contributed by atoms with E-state index in [1.165, 1.54) is 6.20 Å². The molecular weight excluding hydrogens is 202 g/mol. The summed E-state index contributed by atoms with van der Waals surface area (Å²) in [6, 6.07) is 0. The van der Waals surface area contributed by atoms with Crippen molar-refractivity contribution in [3.05, 3.63) is 11.2 Å². The second kappa shape index (κ2) is 5.65. The first kappa shape index (κ1) is 11.0. The van der Waals surface area contributed by atoms with E-state index in [0.717, 1.165) is 19.3 Å². The number of nitrogens with zero attached hydrogens (tertiary/aromatic N) is 2. The number of rotatable bonds is 5. The maximum Gasteiger partial charge on any atom is 0.237 e. The Hall–Kier alpha value is -1.03. The Balaban J connectivity index is 2.45. The summed E-state index contributed by atoms with van der Waals surface area (Å²) in [5, 5.41) is 0.399. The van der Waals surface area contributed by atoms with E-state index in [9.17, 15) is 0 Å². The fourth-order valence-corrected chi connectivity index (χ4v) is 1.13. The van der Waals surface area contributed by atoms with Gasteiger partial charge < -0.3 is 10.5 Å². The lowest BCUT2D eigenvalue weighted by atomic mass is 10.3. The predicted molar refractivity (Wildman–Crippen MR) is 56.5 cm³/mol. The third-order valence-corrected chi connectivity index (χ3v) is 1.98. The molecule has 78 valence electrons. The Bertz CT molecular complexity index is 293. The van der Waals surface area contributed by atoms with Gasteiger partial charge in [-0.1, -0.05) is 31.4 Å². The van der Waals surface area contributed by atoms with Crippen molar-refractivity contribution in [2.75, 3.05) is 12.3 Å². The zero-order valence-electron chi connectivity index (χ0n) is 8.16. The third kappa shape index (κ3) is 3.38. The molecule has 2 N–H and O–H groups in total. The van der Waals surface area contributed by atoms with E-state index in [1.807, 2.05) is 0 Å². The van der Waals surface area contributed by atoms with Crippen LogP contribution in [-0.4, -0.2) is 16.6 Å². The first-order valence-electron chi connectivity index (χ1n) is 4.65. The number of hydrogen-bond donors (Lipinski definition) is 1. The molecule has 0 saturated carbocycles. The highest BCUT2D eigenvalue weighted by Crippen LogP contribution is 2.20. The van der Waals surface area contributed by atoms with Gasteiger partial charge in [-0.3, -0.25) is 0 Å². The number of halogens is 1. The quantitative estimate of drug-likeness (QED) is 0.766. The van der Waals surface area contributed by atoms with E-state index in [-0.39, 0.29) is 5.95 Å². The minimum atomic E-state index is 0.180. The molecule has 0 radical (unpaired) electrons. The number of ether oxygens (including phenoxy) is 1. The van der Waals surface area contributed by atoms with Gasteiger partial charge in [0.25, 0.3) is 0 Å². The van der Waals surface area contributed by atoms with Crippen LogP contribution in [-0.2, 0) is 0 Å². The first-order chi connectivity index (χ1) is 6.74. The summed E-state index contributed by atoms with van der Waals surface area (Å²) in [7, 11) is 0. The smallest absolute Gasteiger partial charge is 0.237 e. The van der Waals surface area contributed by atoms with Crippen LogP contribution in [0.3, 0.4) is 0 Å². The average Bonchev–Trinajstić information content (AvgIpc) is 2.18. The van der Waals surface area contributed by atoms with Crippen LogP contribution < -0.4 is 10.5 Å². The summed E-state index contributed by atoms with van der Waals surface area (Å²) < 4.78 is 5.36. The lowest BCUT2D eigenvalue weighted by molar-refractivity contribution is 0.295. The molecule has 0 aliphatic heterocycles. The molecule has 0 saturated heterocycles. The Kier molecular flexibility index (Phi) is 4.46. The van der Waals surface area contributed by atoms with Crippen molar-refractivity contribution >= 4 is 17.5 Å². The van der Waals surface area contributed by atoms with Crippen molar-refractivity contribution in [1.29, 1.82) is 0 Å². The number of hydrogen-bond acceptors (Lipinski definition) is 4. The van der Waals surface area contributed by atoms with Gasteiger partial charge in [0, 0.05) is 0 Å². The normalized spacial score (nSPS) is 10.1. The molecule has 4 nitrogen and oxygen atoms in total. The third-order valence-electron chi connectivity index (χ3n) is 1.72. The van der Waals surface area contributed by atoms with Crippen LogP contribution in [0.25, 0.3) is 0 Å². The number of aromatic nitrogens is 2. The number of nitrogen functional groups attached to an aromatic ring is 1. The maximum atomic E-state index is 5.80. The van der Waals surface area contributed by atoms with Gasteiger partial charge in [0.15, 0.2) is 0 Å². The first-order valence-corrected chi connectivity index (χ1v) is 5.02. The molecule has 1 aromatic heterocycles. The number of nitrogens with two attached hydrogens (primary N) is 1. The van der Waals surface area contributed by atoms with Crippen molar-refractivity contribution in [2.24, 2.45) is 0 Å². The molecule has 1 heterocycles. The average molecular weight is 216 g/mol. The molecule has 0 aliphatic carbocycles. The summed E-state index contributed by atoms with van der Waals surface area (Å²) >= 11 is 5.80. The van der Waals surface area contributed by atoms with E-state index in [0.29, 0.717) is 17.5 Å². The Labute approximate surface area is 88.5 Å². The highest BCUT2D eigenvalue weighted by Gasteiger charge is 2.03. The van der Waals surface area contributed by atoms with Crippen LogP contribution in [0.2, 0.25) is 5.02 Å². The van der Waals surface area contributed by atoms with Crippen molar-refractivity contribution in [3.8, 4) is 5.88 Å². The lowest BCUT2D eigenvalue weighted by Crippen LogP contribution is -2.02. The topological polar surface area (TPSA) is 61.0 Å². The van der Waals surface area contributed by atoms with Gasteiger partial charge in [-0.25, -0.2) is 4.98 Å². The van der Waals surface area contributed by atoms with Crippen LogP contribution in [0.4, 0.5) is 5.95 Å². The predicted octanol–water partition coefficient (Wildman–Crippen LogP) is 2.28. The van der Waals surface area contributed by atoms with Crippen molar-refractivity contribution in [1.82, 2.24) is 9.97 Å². The minimum absolute atomic E-state index is 0.180. The minimum Gasteiger partial charge on any atom is -0.476 e. The summed E-state index contributed by atoms with van der Waals surface area (Å²) in [6.45, 7) is 2.75. The maximum absolute atomic E-state index is 5.80. The van der Waals surface area contributed by atoms with E-state index >= 15 is 0 Å². The van der Waals surface area contributed by atoms with E-state index in [1.54, 1.807) is 0 Å². The van der Waals surface area contributed by atoms with E-state index in [4.69, 9.17) is 22.1 Å². The van der Waals surface area contributed by atoms with Gasteiger partial charge in [0.05, 0.1) is 12.8 Å². The molecule has 14 heavy (non-hydrogen) atoms. The summed E-state index contributed by atoms with van der Waals surface area (Å²) in [4.78, 5) is 7.62. The van der Waals surface area contributed by atoms with Crippen LogP contribution in [0.1, 0.15) is 26.2 Å². The molecular formula is C9H14ClN3O. The second-order valence-electron chi connectivity index (χ2n) is 2.94. The van der Waals surface area contributed by atoms with E-state index in [2.05, 4.69) is 16.9 Å². The van der Waals surface area contributed by atoms with Gasteiger partial charge in [0.2, 0.25) is 11.8 Å². The highest BCUT2D eigenvalue weighted by molar-refractivity contribution is 6.31. The van der Waals surface area contributed by atoms with Crippen LogP contribution in [0.5, 0.6) is 5.88 Å². The Morgan fingerprint density at radius 1 is 1.50 bits per heavy atom. The molecule has 0 unspecified atom stereocenters. The fraction of sp³-hybridized carbons (Fsp3) is 0.556. The SMILES string of the molecule is CCCCCOc1nc(N)ncc1Cl. The lowest BCUT2D eigenvalue weighted by Gasteiger charge is -2.05. The Morgan fingerprint density at radius 2 is 2.29 bits per heavy atom. The van der Waals surface area contributed by atoms with Crippen LogP contribution in [0, 0.1) is 0 Å². The molecule has 0 aromatic carbocycles. The molecule has 5 heteroatoms. The van der Waals surface area contributed by atoms with Crippen LogP contribution >= 0.6 is 11.6 Å². The monoisotopic (exact) mass is 215 g/mol. The molecule has 0 fully saturated rings. The zero-order valence-corrected chi connectivity index (χ0v) is 8.92. The Morgan fingerprint density at radius 3 is 3.00 bits per heavy atom. The van der Waals surface area contributed by atoms with Crippen LogP contribution in [0.15, 0.2) is 6.20 Å². The van der Waals surface area contributed by atoms with Crippen molar-refractivity contribution in [3.63, 3.8) is 0 Å². The highest BCUT2D eigenvalue weighted by atomic mass is 35.5. The van der Waals surface area contributed by atoms with Crippen molar-refractivity contribution < 1.29 is 4.74 Å². The van der Waals surface area contributed by atoms with E-state index < -0.39 is 0 Å². The zero-order chi connectivity index (χ0) is 10.4. The summed E-state index contributed by atoms with van der Waals surface area (Å²) in [5.74, 6) is 0.551. The molecule has 0 spiro atoms. The fourth-order valence-electron chi connectivity index (χ4n) is 0.986. The molecule has 0 atom stereocenters. The van der Waals surface area contributed by atoms with Gasteiger partial charge in [-0.05, 0) is 6.42 Å². The van der Waals surface area contributed by atoms with Gasteiger partial charge in [0.1, 0.15) is 5.02 Å². The molecule has 0 aliphatic rings. The second-order valence-corrected chi connectivity index (χ2v) is 3.34. The molecule has 0 amide bonds. The molecule has 1 aromatic rings. The van der Waals surface area contributed by atoms with Gasteiger partial charge >= 0.3 is 0 Å². The standard InChI is InChI=1S/C9H14ClN3O/c1-2-3-4-5-14-8-7(10)6-12-9(11)13-8/h6H,2-5H2,1H3,(H2,11,12,13).